The van der Waals surface area contributed by atoms with Gasteiger partial charge in [-0.3, -0.25) is 0 Å². The fourth-order valence-electron chi connectivity index (χ4n) is 6.42. The smallest absolute Gasteiger partial charge is 0.120 e. The van der Waals surface area contributed by atoms with Gasteiger partial charge in [-0.1, -0.05) is 115 Å². The molecule has 3 heterocycles. The van der Waals surface area contributed by atoms with Crippen LogP contribution in [-0.4, -0.2) is 9.97 Å². The summed E-state index contributed by atoms with van der Waals surface area (Å²) in [6.07, 6.45) is 12.9. The summed E-state index contributed by atoms with van der Waals surface area (Å²) in [5.74, 6) is 0.824. The van der Waals surface area contributed by atoms with Crippen LogP contribution in [-0.2, 0) is 32.9 Å². The van der Waals surface area contributed by atoms with Gasteiger partial charge in [-0.05, 0) is 53.4 Å². The van der Waals surface area contributed by atoms with Gasteiger partial charge < -0.3 is 14.4 Å². The van der Waals surface area contributed by atoms with Crippen molar-refractivity contribution < 1.29 is 24.5 Å². The minimum absolute atomic E-state index is 0. The molecular weight excluding hydrogens is 741 g/mol. The summed E-state index contributed by atoms with van der Waals surface area (Å²) in [4.78, 5) is 9.15. The molecule has 0 aliphatic heterocycles. The van der Waals surface area contributed by atoms with Crippen molar-refractivity contribution in [3.8, 4) is 22.5 Å². The minimum atomic E-state index is 0. The fraction of sp³-hybridized carbons (Fsp3) is 0.190. The van der Waals surface area contributed by atoms with Gasteiger partial charge in [0.25, 0.3) is 0 Å². The van der Waals surface area contributed by atoms with E-state index < -0.39 is 0 Å². The van der Waals surface area contributed by atoms with E-state index in [1.54, 1.807) is 0 Å². The Bertz CT molecular complexity index is 1980. The Kier molecular flexibility index (Phi) is 10.5. The molecule has 4 aromatic carbocycles. The molecule has 0 spiro atoms. The van der Waals surface area contributed by atoms with E-state index in [0.717, 1.165) is 63.2 Å². The third-order valence-corrected chi connectivity index (χ3v) is 8.73. The van der Waals surface area contributed by atoms with E-state index in [9.17, 15) is 0 Å². The van der Waals surface area contributed by atoms with E-state index in [-0.39, 0.29) is 20.1 Å². The predicted molar refractivity (Wildman–Crippen MR) is 184 cm³/mol. The van der Waals surface area contributed by atoms with Crippen LogP contribution in [0.3, 0.4) is 0 Å². The maximum atomic E-state index is 6.16. The first kappa shape index (κ1) is 31.6. The van der Waals surface area contributed by atoms with Gasteiger partial charge in [0, 0.05) is 37.9 Å². The average Bonchev–Trinajstić information content (AvgIpc) is 3.49. The van der Waals surface area contributed by atoms with Crippen LogP contribution in [0.4, 0.5) is 0 Å². The summed E-state index contributed by atoms with van der Waals surface area (Å²) in [5, 5.41) is 2.28. The van der Waals surface area contributed by atoms with Crippen LogP contribution in [0.1, 0.15) is 48.8 Å². The zero-order valence-corrected chi connectivity index (χ0v) is 28.2. The molecular formula is C42H36IrN2O-2. The number of nitrogens with zero attached hydrogens (tertiary/aromatic N) is 2. The summed E-state index contributed by atoms with van der Waals surface area (Å²) in [7, 11) is 0. The van der Waals surface area contributed by atoms with Crippen molar-refractivity contribution in [1.82, 2.24) is 9.97 Å². The summed E-state index contributed by atoms with van der Waals surface area (Å²) in [6, 6.07) is 45.7. The molecule has 3 nitrogen and oxygen atoms in total. The van der Waals surface area contributed by atoms with Crippen LogP contribution in [0.5, 0.6) is 0 Å². The van der Waals surface area contributed by atoms with E-state index in [1.807, 2.05) is 60.9 Å². The number of fused-ring (bicyclic) bond motifs is 3. The standard InChI is InChI=1S/C24H22NO.C18H14N.Ir/c1-2-7-17(8-3-1)15-18-13-14-25-22(16-18)21-11-6-10-20-19-9-4-5-12-23(19)26-24(20)21;1-3-7-15(8-4-1)13-16-11-12-18(19-14-16)17-9-5-2-6-10-17;/h4-6,9-10,12-14,16-17H,1-3,7-8,15H2;1-9,11-12,14H,13H2;/q2*-1;. The second-order valence-corrected chi connectivity index (χ2v) is 11.9. The van der Waals surface area contributed by atoms with Crippen LogP contribution in [0.15, 0.2) is 132 Å². The molecule has 231 valence electrons. The number of rotatable bonds is 6. The van der Waals surface area contributed by atoms with E-state index >= 15 is 0 Å². The van der Waals surface area contributed by atoms with Crippen LogP contribution < -0.4 is 0 Å². The maximum absolute atomic E-state index is 6.16. The third kappa shape index (κ3) is 7.53. The number of para-hydroxylation sites is 1. The van der Waals surface area contributed by atoms with Crippen molar-refractivity contribution in [3.63, 3.8) is 0 Å². The Morgan fingerprint density at radius 1 is 0.652 bits per heavy atom. The van der Waals surface area contributed by atoms with Gasteiger partial charge in [0.1, 0.15) is 5.58 Å². The number of hydrogen-bond donors (Lipinski definition) is 0. The summed E-state index contributed by atoms with van der Waals surface area (Å²) in [6.45, 7) is 0. The van der Waals surface area contributed by atoms with Crippen LogP contribution in [0, 0.1) is 18.1 Å². The van der Waals surface area contributed by atoms with Crippen molar-refractivity contribution in [2.75, 3.05) is 0 Å². The molecule has 0 atom stereocenters. The topological polar surface area (TPSA) is 38.9 Å². The predicted octanol–water partition coefficient (Wildman–Crippen LogP) is 10.7. The second-order valence-electron chi connectivity index (χ2n) is 11.9. The maximum Gasteiger partial charge on any atom is 0.120 e. The SMILES string of the molecule is [Ir].[c-]1ccc2c(oc3ccccc32)c1-c1cc(CC2CCCCC2)ccn1.[c-]1ccccc1-c1ccc(Cc2ccccc2)cn1. The Labute approximate surface area is 285 Å². The van der Waals surface area contributed by atoms with Gasteiger partial charge in [0.05, 0.1) is 5.58 Å². The van der Waals surface area contributed by atoms with Crippen molar-refractivity contribution in [2.24, 2.45) is 5.92 Å². The first-order chi connectivity index (χ1) is 22.3. The molecule has 0 saturated heterocycles. The average molecular weight is 777 g/mol. The third-order valence-electron chi connectivity index (χ3n) is 8.73. The number of hydrogen-bond acceptors (Lipinski definition) is 3. The molecule has 1 aliphatic rings. The van der Waals surface area contributed by atoms with Gasteiger partial charge in [0.2, 0.25) is 0 Å². The van der Waals surface area contributed by atoms with E-state index in [4.69, 9.17) is 4.42 Å². The number of pyridine rings is 2. The zero-order valence-electron chi connectivity index (χ0n) is 25.8. The molecule has 7 aromatic rings. The zero-order chi connectivity index (χ0) is 30.3. The largest absolute Gasteiger partial charge is 0.501 e. The van der Waals surface area contributed by atoms with E-state index in [1.165, 1.54) is 48.8 Å². The molecule has 0 unspecified atom stereocenters. The molecule has 0 N–H and O–H groups in total. The van der Waals surface area contributed by atoms with Gasteiger partial charge >= 0.3 is 0 Å². The normalized spacial score (nSPS) is 13.1. The van der Waals surface area contributed by atoms with Crippen molar-refractivity contribution >= 4 is 21.9 Å². The van der Waals surface area contributed by atoms with Gasteiger partial charge in [-0.2, -0.15) is 0 Å². The number of furan rings is 1. The Balaban J connectivity index is 0.000000166. The molecule has 1 aliphatic carbocycles. The molecule has 3 aromatic heterocycles. The Hall–Kier alpha value is -4.37. The molecule has 1 radical (unpaired) electrons. The van der Waals surface area contributed by atoms with Gasteiger partial charge in [0.15, 0.2) is 0 Å². The molecule has 4 heteroatoms. The van der Waals surface area contributed by atoms with Crippen LogP contribution in [0.25, 0.3) is 44.5 Å². The van der Waals surface area contributed by atoms with Crippen molar-refractivity contribution in [2.45, 2.75) is 44.9 Å². The summed E-state index contributed by atoms with van der Waals surface area (Å²) < 4.78 is 6.16. The Morgan fingerprint density at radius 3 is 2.28 bits per heavy atom. The summed E-state index contributed by atoms with van der Waals surface area (Å²) >= 11 is 0. The Morgan fingerprint density at radius 2 is 1.48 bits per heavy atom. The molecule has 1 saturated carbocycles. The van der Waals surface area contributed by atoms with Gasteiger partial charge in [-0.25, -0.2) is 0 Å². The van der Waals surface area contributed by atoms with Crippen LogP contribution >= 0.6 is 0 Å². The first-order valence-corrected chi connectivity index (χ1v) is 16.0. The van der Waals surface area contributed by atoms with Crippen molar-refractivity contribution in [1.29, 1.82) is 0 Å². The first-order valence-electron chi connectivity index (χ1n) is 16.0. The molecule has 1 fully saturated rings. The molecule has 46 heavy (non-hydrogen) atoms. The molecule has 0 amide bonds. The van der Waals surface area contributed by atoms with Crippen LogP contribution in [0.2, 0.25) is 0 Å². The summed E-state index contributed by atoms with van der Waals surface area (Å²) in [5.41, 5.74) is 9.65. The number of aromatic nitrogens is 2. The van der Waals surface area contributed by atoms with Crippen molar-refractivity contribution in [3.05, 3.63) is 156 Å². The second kappa shape index (κ2) is 15.3. The quantitative estimate of drug-likeness (QED) is 0.158. The van der Waals surface area contributed by atoms with Gasteiger partial charge in [-0.15, -0.1) is 54.1 Å². The molecule has 8 rings (SSSR count). The van der Waals surface area contributed by atoms with E-state index in [0.29, 0.717) is 0 Å². The fourth-order valence-corrected chi connectivity index (χ4v) is 6.42. The van der Waals surface area contributed by atoms with E-state index in [2.05, 4.69) is 88.8 Å². The molecule has 0 bridgehead atoms. The number of benzene rings is 4. The monoisotopic (exact) mass is 777 g/mol. The minimum Gasteiger partial charge on any atom is -0.501 e.